The van der Waals surface area contributed by atoms with Crippen molar-refractivity contribution in [2.24, 2.45) is 4.99 Å². The lowest BCUT2D eigenvalue weighted by Crippen LogP contribution is -2.35. The van der Waals surface area contributed by atoms with E-state index in [2.05, 4.69) is 11.7 Å². The highest BCUT2D eigenvalue weighted by Gasteiger charge is 2.32. The number of esters is 1. The number of hydrogen-bond donors (Lipinski definition) is 0. The molecule has 7 heteroatoms. The van der Waals surface area contributed by atoms with Crippen LogP contribution in [0.5, 0.6) is 0 Å². The zero-order valence-corrected chi connectivity index (χ0v) is 14.1. The van der Waals surface area contributed by atoms with Crippen LogP contribution >= 0.6 is 34.8 Å². The van der Waals surface area contributed by atoms with Gasteiger partial charge in [0.1, 0.15) is 5.16 Å². The third-order valence-corrected chi connectivity index (χ3v) is 3.62. The monoisotopic (exact) mass is 340 g/mol. The van der Waals surface area contributed by atoms with Gasteiger partial charge in [-0.2, -0.15) is 0 Å². The Morgan fingerprint density at radius 2 is 2.00 bits per heavy atom. The number of aliphatic imine (C=N–C) groups is 1. The van der Waals surface area contributed by atoms with E-state index < -0.39 is 10.4 Å². The maximum absolute atomic E-state index is 11.7. The van der Waals surface area contributed by atoms with E-state index in [9.17, 15) is 4.79 Å². The molecule has 4 nitrogen and oxygen atoms in total. The van der Waals surface area contributed by atoms with Gasteiger partial charge in [-0.15, -0.1) is 0 Å². The van der Waals surface area contributed by atoms with Crippen molar-refractivity contribution in [2.75, 3.05) is 13.7 Å². The first-order valence-corrected chi connectivity index (χ1v) is 7.25. The van der Waals surface area contributed by atoms with Gasteiger partial charge in [0.2, 0.25) is 0 Å². The Morgan fingerprint density at radius 3 is 2.45 bits per heavy atom. The van der Waals surface area contributed by atoms with Gasteiger partial charge in [0.05, 0.1) is 6.61 Å². The van der Waals surface area contributed by atoms with Crippen LogP contribution in [0.4, 0.5) is 0 Å². The Morgan fingerprint density at radius 1 is 1.40 bits per heavy atom. The largest absolute Gasteiger partial charge is 0.461 e. The van der Waals surface area contributed by atoms with E-state index in [4.69, 9.17) is 39.5 Å². The van der Waals surface area contributed by atoms with Crippen LogP contribution in [0.1, 0.15) is 26.7 Å². The Hall–Kier alpha value is -0.710. The maximum atomic E-state index is 11.7. The molecule has 0 aromatic rings. The number of rotatable bonds is 8. The third kappa shape index (κ3) is 5.73. The molecule has 0 aliphatic rings. The van der Waals surface area contributed by atoms with Crippen LogP contribution in [-0.4, -0.2) is 35.7 Å². The highest BCUT2D eigenvalue weighted by molar-refractivity contribution is 6.48. The van der Waals surface area contributed by atoms with Crippen LogP contribution in [-0.2, 0) is 9.53 Å². The molecule has 0 aliphatic carbocycles. The van der Waals surface area contributed by atoms with Gasteiger partial charge >= 0.3 is 5.97 Å². The number of hydrogen-bond acceptors (Lipinski definition) is 4. The number of nitrogens with zero attached hydrogens (tertiary/aromatic N) is 2. The summed E-state index contributed by atoms with van der Waals surface area (Å²) in [4.78, 5) is 16.6. The molecule has 0 saturated heterocycles. The van der Waals surface area contributed by atoms with Crippen molar-refractivity contribution in [3.8, 4) is 0 Å². The molecule has 0 heterocycles. The molecule has 0 saturated carbocycles. The molecule has 0 aliphatic heterocycles. The van der Waals surface area contributed by atoms with Gasteiger partial charge in [-0.05, 0) is 20.1 Å². The van der Waals surface area contributed by atoms with Gasteiger partial charge in [-0.25, -0.2) is 4.79 Å². The SMILES string of the molecule is C=N/C(C(=O)OCC)=C(/Cl)N(C)C(Cl)(Cl)C/C=C\CC. The van der Waals surface area contributed by atoms with Crippen molar-refractivity contribution >= 4 is 47.5 Å². The van der Waals surface area contributed by atoms with Gasteiger partial charge in [0.15, 0.2) is 10.2 Å². The predicted octanol–water partition coefficient (Wildman–Crippen LogP) is 4.08. The number of carbonyl (C=O) groups excluding carboxylic acids is 1. The standard InChI is InChI=1S/C13H19Cl3N2O2/c1-5-7-8-9-13(15,16)18(4)11(14)10(17-3)12(19)20-6-2/h7-8H,3,5-6,9H2,1-2,4H3/b8-7-,11-10-. The Balaban J connectivity index is 5.21. The van der Waals surface area contributed by atoms with E-state index in [1.54, 1.807) is 14.0 Å². The molecule has 0 aromatic heterocycles. The van der Waals surface area contributed by atoms with Crippen molar-refractivity contribution < 1.29 is 9.53 Å². The highest BCUT2D eigenvalue weighted by atomic mass is 35.5. The summed E-state index contributed by atoms with van der Waals surface area (Å²) >= 11 is 18.5. The number of carbonyl (C=O) groups is 1. The number of ether oxygens (including phenoxy) is 1. The molecule has 0 radical (unpaired) electrons. The Bertz CT molecular complexity index is 406. The van der Waals surface area contributed by atoms with Crippen LogP contribution in [0.25, 0.3) is 0 Å². The molecule has 0 atom stereocenters. The van der Waals surface area contributed by atoms with Crippen molar-refractivity contribution in [3.63, 3.8) is 0 Å². The molecule has 0 aromatic carbocycles. The highest BCUT2D eigenvalue weighted by Crippen LogP contribution is 2.34. The van der Waals surface area contributed by atoms with Crippen LogP contribution in [0.2, 0.25) is 0 Å². The minimum atomic E-state index is -1.30. The molecular formula is C13H19Cl3N2O2. The van der Waals surface area contributed by atoms with Gasteiger partial charge in [-0.3, -0.25) is 4.99 Å². The minimum Gasteiger partial charge on any atom is -0.461 e. The second-order valence-electron chi connectivity index (χ2n) is 3.83. The lowest BCUT2D eigenvalue weighted by molar-refractivity contribution is -0.138. The summed E-state index contributed by atoms with van der Waals surface area (Å²) in [7, 11) is 1.56. The summed E-state index contributed by atoms with van der Waals surface area (Å²) in [6, 6.07) is 0. The first-order valence-electron chi connectivity index (χ1n) is 6.12. The summed E-state index contributed by atoms with van der Waals surface area (Å²) in [5.74, 6) is -0.674. The molecule has 0 unspecified atom stereocenters. The molecule has 0 bridgehead atoms. The molecule has 0 spiro atoms. The van der Waals surface area contributed by atoms with Crippen LogP contribution in [0.15, 0.2) is 28.0 Å². The fourth-order valence-electron chi connectivity index (χ4n) is 1.24. The molecule has 114 valence electrons. The fourth-order valence-corrected chi connectivity index (χ4v) is 1.96. The predicted molar refractivity (Wildman–Crippen MR) is 85.3 cm³/mol. The summed E-state index contributed by atoms with van der Waals surface area (Å²) in [5.41, 5.74) is -0.124. The summed E-state index contributed by atoms with van der Waals surface area (Å²) in [6.07, 6.45) is 4.98. The third-order valence-electron chi connectivity index (χ3n) is 2.37. The van der Waals surface area contributed by atoms with E-state index in [-0.39, 0.29) is 17.5 Å². The first-order chi connectivity index (χ1) is 9.31. The van der Waals surface area contributed by atoms with Crippen molar-refractivity contribution in [1.82, 2.24) is 4.90 Å². The molecule has 0 amide bonds. The molecule has 20 heavy (non-hydrogen) atoms. The van der Waals surface area contributed by atoms with Crippen LogP contribution in [0.3, 0.4) is 0 Å². The van der Waals surface area contributed by atoms with E-state index in [1.807, 2.05) is 19.1 Å². The van der Waals surface area contributed by atoms with E-state index >= 15 is 0 Å². The first kappa shape index (κ1) is 19.3. The lowest BCUT2D eigenvalue weighted by Gasteiger charge is -2.31. The van der Waals surface area contributed by atoms with Gasteiger partial charge in [0.25, 0.3) is 0 Å². The van der Waals surface area contributed by atoms with Crippen LogP contribution in [0, 0.1) is 0 Å². The average Bonchev–Trinajstić information content (AvgIpc) is 2.39. The number of allylic oxidation sites excluding steroid dienone is 1. The quantitative estimate of drug-likeness (QED) is 0.167. The second-order valence-corrected chi connectivity index (χ2v) is 5.63. The molecular weight excluding hydrogens is 323 g/mol. The Kier molecular flexibility index (Phi) is 8.94. The Labute approximate surface area is 135 Å². The molecule has 0 rings (SSSR count). The number of halogens is 3. The van der Waals surface area contributed by atoms with Crippen molar-refractivity contribution in [1.29, 1.82) is 0 Å². The zero-order chi connectivity index (χ0) is 15.8. The molecule has 0 N–H and O–H groups in total. The van der Waals surface area contributed by atoms with E-state index in [0.717, 1.165) is 6.42 Å². The maximum Gasteiger partial charge on any atom is 0.360 e. The van der Waals surface area contributed by atoms with Gasteiger partial charge in [-0.1, -0.05) is 53.9 Å². The van der Waals surface area contributed by atoms with E-state index in [1.165, 1.54) is 4.90 Å². The van der Waals surface area contributed by atoms with Crippen molar-refractivity contribution in [2.45, 2.75) is 31.1 Å². The zero-order valence-electron chi connectivity index (χ0n) is 11.8. The lowest BCUT2D eigenvalue weighted by atomic mass is 10.3. The topological polar surface area (TPSA) is 41.9 Å². The van der Waals surface area contributed by atoms with Gasteiger partial charge in [0, 0.05) is 13.5 Å². The molecule has 0 fully saturated rings. The number of alkyl halides is 2. The van der Waals surface area contributed by atoms with Crippen LogP contribution < -0.4 is 0 Å². The normalized spacial score (nSPS) is 13.1. The van der Waals surface area contributed by atoms with E-state index in [0.29, 0.717) is 6.42 Å². The second kappa shape index (κ2) is 9.27. The summed E-state index contributed by atoms with van der Waals surface area (Å²) in [5, 5.41) is -0.0200. The van der Waals surface area contributed by atoms with Crippen molar-refractivity contribution in [3.05, 3.63) is 23.0 Å². The average molecular weight is 342 g/mol. The van der Waals surface area contributed by atoms with Gasteiger partial charge < -0.3 is 9.64 Å². The minimum absolute atomic E-state index is 0.0200. The summed E-state index contributed by atoms with van der Waals surface area (Å²) < 4.78 is 3.54. The fraction of sp³-hybridized carbons (Fsp3) is 0.538. The summed E-state index contributed by atoms with van der Waals surface area (Å²) in [6.45, 7) is 7.19. The smallest absolute Gasteiger partial charge is 0.360 e.